The average molecular weight is 1120 g/mol. The van der Waals surface area contributed by atoms with Crippen LogP contribution in [0.1, 0.15) is 126 Å². The number of rotatable bonds is 10. The van der Waals surface area contributed by atoms with Crippen molar-refractivity contribution in [3.05, 3.63) is 209 Å². The van der Waals surface area contributed by atoms with Crippen LogP contribution in [-0.4, -0.2) is 31.7 Å². The third-order valence-corrected chi connectivity index (χ3v) is 15.4. The van der Waals surface area contributed by atoms with E-state index in [0.29, 0.717) is 5.90 Å². The fourth-order valence-electron chi connectivity index (χ4n) is 11.2. The smallest absolute Gasteiger partial charge is 0.512 e. The van der Waals surface area contributed by atoms with Crippen LogP contribution in [0.4, 0.5) is 0 Å². The Kier molecular flexibility index (Phi) is 12.8. The summed E-state index contributed by atoms with van der Waals surface area (Å²) in [5.74, 6) is 1.30. The molecule has 10 aromatic rings. The number of benzene rings is 7. The summed E-state index contributed by atoms with van der Waals surface area (Å²) in [4.78, 5) is 10.8. The topological polar surface area (TPSA) is 44.3 Å². The number of aromatic nitrogens is 3. The molecule has 1 aliphatic heterocycles. The van der Waals surface area contributed by atoms with Crippen LogP contribution in [0.25, 0.3) is 66.2 Å². The van der Waals surface area contributed by atoms with Crippen LogP contribution in [0.15, 0.2) is 163 Å². The molecule has 1 aliphatic rings. The molecule has 0 bridgehead atoms. The third-order valence-electron chi connectivity index (χ3n) is 15.4. The number of pyridine rings is 1. The molecule has 0 amide bonds. The van der Waals surface area contributed by atoms with Gasteiger partial charge in [0, 0.05) is 28.4 Å². The Morgan fingerprint density at radius 1 is 0.611 bits per heavy atom. The minimum Gasteiger partial charge on any atom is -0.512 e. The Labute approximate surface area is 440 Å². The van der Waals surface area contributed by atoms with Crippen LogP contribution in [0.5, 0.6) is 0 Å². The Morgan fingerprint density at radius 3 is 1.89 bits per heavy atom. The predicted molar refractivity (Wildman–Crippen MR) is 297 cm³/mol. The fraction of sp³-hybridized carbons (Fsp3) is 0.273. The van der Waals surface area contributed by atoms with Gasteiger partial charge in [-0.1, -0.05) is 187 Å². The van der Waals surface area contributed by atoms with Crippen LogP contribution >= 0.6 is 0 Å². The summed E-state index contributed by atoms with van der Waals surface area (Å²) in [7, 11) is 0. The molecule has 4 heterocycles. The molecule has 0 unspecified atom stereocenters. The maximum atomic E-state index is 7.41. The van der Waals surface area contributed by atoms with E-state index in [1.807, 2.05) is 12.3 Å². The number of aliphatic imine (C=N–C) groups is 1. The first-order chi connectivity index (χ1) is 34.1. The Morgan fingerprint density at radius 2 is 1.25 bits per heavy atom. The van der Waals surface area contributed by atoms with Gasteiger partial charge < -0.3 is 13.9 Å². The molecule has 364 valence electrons. The van der Waals surface area contributed by atoms with E-state index in [1.54, 1.807) is 0 Å². The monoisotopic (exact) mass is 1120 g/mol. The van der Waals surface area contributed by atoms with Gasteiger partial charge in [-0.15, -0.1) is 35.7 Å². The molecule has 3 aromatic heterocycles. The van der Waals surface area contributed by atoms with E-state index in [4.69, 9.17) is 14.7 Å². The van der Waals surface area contributed by atoms with E-state index >= 15 is 0 Å². The van der Waals surface area contributed by atoms with E-state index in [1.165, 1.54) is 49.7 Å². The molecular formula is C66H64N4OPt. The second-order valence-corrected chi connectivity index (χ2v) is 22.1. The summed E-state index contributed by atoms with van der Waals surface area (Å²) >= 11 is 0. The number of aryl methyl sites for hydroxylation is 1. The van der Waals surface area contributed by atoms with Gasteiger partial charge >= 0.3 is 21.1 Å². The second-order valence-electron chi connectivity index (χ2n) is 22.1. The van der Waals surface area contributed by atoms with Gasteiger partial charge in [-0.3, -0.25) is 4.99 Å². The zero-order valence-electron chi connectivity index (χ0n) is 43.4. The molecule has 0 N–H and O–H groups in total. The van der Waals surface area contributed by atoms with Crippen molar-refractivity contribution in [2.24, 2.45) is 10.9 Å². The van der Waals surface area contributed by atoms with Crippen molar-refractivity contribution in [2.75, 3.05) is 0 Å². The molecule has 5 nitrogen and oxygen atoms in total. The standard InChI is InChI=1S/C66H64N4O.Pt/c1-40(2)51-24-18-25-52(41(3)4)61(51)46-35-47(64-68-62(66(11,71-64)42(5)6)60(44-20-14-12-15-21-44)45-22-16-13-17-23-45)37-50(36-46)69-57-31-27-43(7)34-55(57)53-30-29-49(39-59(53)69)70-58-32-28-48(65(8,9)10)38-56(58)54-26-19-33-67-63(54)70;/h12-36,38,40-42,60,62H,1-11H3;/q-2;+2/t62-,66-;/m1./s1. The summed E-state index contributed by atoms with van der Waals surface area (Å²) < 4.78 is 12.1. The largest absolute Gasteiger partial charge is 2.00 e. The summed E-state index contributed by atoms with van der Waals surface area (Å²) in [5, 5.41) is 4.60. The molecule has 6 heteroatoms. The van der Waals surface area contributed by atoms with Crippen molar-refractivity contribution in [1.82, 2.24) is 14.1 Å². The van der Waals surface area contributed by atoms with Crippen molar-refractivity contribution in [3.63, 3.8) is 0 Å². The van der Waals surface area contributed by atoms with Gasteiger partial charge in [-0.05, 0) is 112 Å². The zero-order chi connectivity index (χ0) is 49.5. The minimum absolute atomic E-state index is 0. The first-order valence-electron chi connectivity index (χ1n) is 25.6. The maximum Gasteiger partial charge on any atom is 2.00 e. The maximum absolute atomic E-state index is 7.41. The number of hydrogen-bond acceptors (Lipinski definition) is 3. The normalized spacial score (nSPS) is 16.2. The first-order valence-corrected chi connectivity index (χ1v) is 25.6. The molecule has 11 rings (SSSR count). The zero-order valence-corrected chi connectivity index (χ0v) is 45.7. The van der Waals surface area contributed by atoms with Crippen molar-refractivity contribution >= 4 is 49.6 Å². The molecule has 0 fully saturated rings. The van der Waals surface area contributed by atoms with E-state index in [9.17, 15) is 0 Å². The van der Waals surface area contributed by atoms with Gasteiger partial charge in [0.25, 0.3) is 0 Å². The van der Waals surface area contributed by atoms with Crippen LogP contribution in [-0.2, 0) is 31.2 Å². The summed E-state index contributed by atoms with van der Waals surface area (Å²) in [5.41, 5.74) is 16.0. The van der Waals surface area contributed by atoms with E-state index in [0.717, 1.165) is 55.5 Å². The van der Waals surface area contributed by atoms with E-state index in [-0.39, 0.29) is 56.2 Å². The Balaban J connectivity index is 0.00000596. The molecular weight excluding hydrogens is 1060 g/mol. The molecule has 2 atom stereocenters. The third kappa shape index (κ3) is 8.32. The number of hydrogen-bond donors (Lipinski definition) is 0. The van der Waals surface area contributed by atoms with Gasteiger partial charge in [-0.2, -0.15) is 6.07 Å². The molecule has 0 aliphatic carbocycles. The van der Waals surface area contributed by atoms with Crippen molar-refractivity contribution < 1.29 is 25.8 Å². The molecule has 7 aromatic carbocycles. The van der Waals surface area contributed by atoms with Crippen molar-refractivity contribution in [1.29, 1.82) is 0 Å². The quantitative estimate of drug-likeness (QED) is 0.128. The van der Waals surface area contributed by atoms with Gasteiger partial charge in [0.15, 0.2) is 0 Å². The van der Waals surface area contributed by atoms with Crippen LogP contribution in [0.2, 0.25) is 0 Å². The van der Waals surface area contributed by atoms with Crippen molar-refractivity contribution in [3.8, 4) is 22.5 Å². The second kappa shape index (κ2) is 18.8. The van der Waals surface area contributed by atoms with Crippen LogP contribution in [0, 0.1) is 25.0 Å². The fourth-order valence-corrected chi connectivity index (χ4v) is 11.2. The molecule has 0 saturated carbocycles. The minimum atomic E-state index is -0.633. The van der Waals surface area contributed by atoms with Gasteiger partial charge in [0.05, 0.1) is 11.6 Å². The first kappa shape index (κ1) is 49.0. The number of ether oxygens (including phenoxy) is 1. The predicted octanol–water partition coefficient (Wildman–Crippen LogP) is 16.8. The summed E-state index contributed by atoms with van der Waals surface area (Å²) in [6.07, 6.45) is 1.90. The summed E-state index contributed by atoms with van der Waals surface area (Å²) in [6, 6.07) is 63.3. The number of fused-ring (bicyclic) bond motifs is 6. The number of nitrogens with zero attached hydrogens (tertiary/aromatic N) is 4. The molecule has 0 saturated heterocycles. The Bertz CT molecular complexity index is 3620. The average Bonchev–Trinajstić information content (AvgIpc) is 4.01. The van der Waals surface area contributed by atoms with Gasteiger partial charge in [0.1, 0.15) is 17.1 Å². The van der Waals surface area contributed by atoms with Crippen molar-refractivity contribution in [2.45, 2.75) is 111 Å². The summed E-state index contributed by atoms with van der Waals surface area (Å²) in [6.45, 7) is 25.0. The van der Waals surface area contributed by atoms with E-state index in [2.05, 4.69) is 243 Å². The molecule has 0 radical (unpaired) electrons. The Hall–Kier alpha value is -6.55. The molecule has 0 spiro atoms. The van der Waals surface area contributed by atoms with Crippen LogP contribution < -0.4 is 0 Å². The van der Waals surface area contributed by atoms with Crippen LogP contribution in [0.3, 0.4) is 0 Å². The van der Waals surface area contributed by atoms with Gasteiger partial charge in [-0.25, -0.2) is 4.98 Å². The van der Waals surface area contributed by atoms with Gasteiger partial charge in [0.2, 0.25) is 0 Å². The van der Waals surface area contributed by atoms with E-state index < -0.39 is 5.60 Å². The SMILES string of the molecule is Cc1ccc2c(c1)c1ccc(-n3c4ccc(C(C)(C)C)cc4c4cccnc43)[c-]c1n2-c1[c-]c(C2=N[C@H](C(c3ccccc3)c3ccccc3)[C@@](C)(C(C)C)O2)cc(-c2c(C(C)C)cccc2C(C)C)c1.[Pt+2]. The molecule has 72 heavy (non-hydrogen) atoms.